The Morgan fingerprint density at radius 2 is 2.00 bits per heavy atom. The lowest BCUT2D eigenvalue weighted by Crippen LogP contribution is -2.46. The van der Waals surface area contributed by atoms with Crippen LogP contribution in [0, 0.1) is 0 Å². The van der Waals surface area contributed by atoms with Crippen LogP contribution in [0.4, 0.5) is 0 Å². The van der Waals surface area contributed by atoms with Gasteiger partial charge in [0, 0.05) is 19.2 Å². The van der Waals surface area contributed by atoms with E-state index in [4.69, 9.17) is 4.74 Å². The number of nitrogens with one attached hydrogen (secondary N) is 1. The first kappa shape index (κ1) is 12.4. The van der Waals surface area contributed by atoms with Crippen LogP contribution in [0.15, 0.2) is 24.3 Å². The predicted octanol–water partition coefficient (Wildman–Crippen LogP) is 2.61. The Morgan fingerprint density at radius 1 is 1.35 bits per heavy atom. The van der Waals surface area contributed by atoms with Crippen molar-refractivity contribution in [2.75, 3.05) is 7.11 Å². The molecule has 1 fully saturated rings. The molecule has 1 atom stereocenters. The Morgan fingerprint density at radius 3 is 2.53 bits per heavy atom. The van der Waals surface area contributed by atoms with E-state index in [2.05, 4.69) is 12.2 Å². The average molecular weight is 235 g/mol. The van der Waals surface area contributed by atoms with Crippen LogP contribution in [0.1, 0.15) is 37.8 Å². The molecule has 3 heteroatoms. The van der Waals surface area contributed by atoms with Crippen LogP contribution >= 0.6 is 0 Å². The maximum Gasteiger partial charge on any atom is 0.115 e. The summed E-state index contributed by atoms with van der Waals surface area (Å²) in [5.41, 5.74) is 1.24. The van der Waals surface area contributed by atoms with Crippen molar-refractivity contribution in [3.63, 3.8) is 0 Å². The minimum Gasteiger partial charge on any atom is -0.508 e. The predicted molar refractivity (Wildman–Crippen MR) is 68.1 cm³/mol. The highest BCUT2D eigenvalue weighted by Crippen LogP contribution is 2.27. The first-order valence-corrected chi connectivity index (χ1v) is 6.30. The second kappa shape index (κ2) is 5.52. The Hall–Kier alpha value is -1.06. The third-order valence-electron chi connectivity index (χ3n) is 3.57. The molecule has 2 rings (SSSR count). The van der Waals surface area contributed by atoms with Crippen LogP contribution in [0.2, 0.25) is 0 Å². The molecule has 0 heterocycles. The molecule has 1 aromatic carbocycles. The molecule has 1 saturated carbocycles. The number of hydrogen-bond acceptors (Lipinski definition) is 3. The average Bonchev–Trinajstić information content (AvgIpc) is 2.29. The summed E-state index contributed by atoms with van der Waals surface area (Å²) < 4.78 is 5.28. The largest absolute Gasteiger partial charge is 0.508 e. The Labute approximate surface area is 103 Å². The molecular weight excluding hydrogens is 214 g/mol. The van der Waals surface area contributed by atoms with Crippen LogP contribution in [0.3, 0.4) is 0 Å². The first-order chi connectivity index (χ1) is 8.22. The van der Waals surface area contributed by atoms with Crippen LogP contribution in [-0.2, 0) is 4.74 Å². The van der Waals surface area contributed by atoms with Gasteiger partial charge in [0.1, 0.15) is 5.75 Å². The third kappa shape index (κ3) is 2.99. The van der Waals surface area contributed by atoms with E-state index in [0.717, 1.165) is 19.3 Å². The van der Waals surface area contributed by atoms with Crippen LogP contribution in [0.25, 0.3) is 0 Å². The summed E-state index contributed by atoms with van der Waals surface area (Å²) in [7, 11) is 1.78. The normalized spacial score (nSPS) is 25.3. The van der Waals surface area contributed by atoms with Gasteiger partial charge in [0.15, 0.2) is 0 Å². The molecule has 1 aliphatic rings. The Balaban J connectivity index is 1.91. The van der Waals surface area contributed by atoms with E-state index in [1.165, 1.54) is 5.56 Å². The lowest BCUT2D eigenvalue weighted by molar-refractivity contribution is 0.0139. The number of aromatic hydroxyl groups is 1. The zero-order valence-corrected chi connectivity index (χ0v) is 10.5. The van der Waals surface area contributed by atoms with E-state index in [1.54, 1.807) is 19.2 Å². The van der Waals surface area contributed by atoms with Gasteiger partial charge in [-0.25, -0.2) is 0 Å². The second-order valence-electron chi connectivity index (χ2n) is 4.75. The van der Waals surface area contributed by atoms with Crippen LogP contribution in [0.5, 0.6) is 5.75 Å². The molecule has 0 radical (unpaired) electrons. The molecule has 2 N–H and O–H groups in total. The summed E-state index contributed by atoms with van der Waals surface area (Å²) in [6, 6.07) is 8.42. The maximum atomic E-state index is 9.28. The highest BCUT2D eigenvalue weighted by atomic mass is 16.5. The molecule has 17 heavy (non-hydrogen) atoms. The smallest absolute Gasteiger partial charge is 0.115 e. The number of phenolic OH excluding ortho intramolecular Hbond substituents is 1. The van der Waals surface area contributed by atoms with Crippen molar-refractivity contribution in [2.24, 2.45) is 0 Å². The molecule has 0 spiro atoms. The van der Waals surface area contributed by atoms with Gasteiger partial charge < -0.3 is 15.2 Å². The number of phenols is 1. The SMILES string of the molecule is CCC(NC1CC(OC)C1)c1ccc(O)cc1. The van der Waals surface area contributed by atoms with E-state index < -0.39 is 0 Å². The zero-order valence-electron chi connectivity index (χ0n) is 10.5. The summed E-state index contributed by atoms with van der Waals surface area (Å²) in [6.07, 6.45) is 3.69. The zero-order chi connectivity index (χ0) is 12.3. The monoisotopic (exact) mass is 235 g/mol. The Bertz CT molecular complexity index is 344. The number of methoxy groups -OCH3 is 1. The fourth-order valence-corrected chi connectivity index (χ4v) is 2.34. The van der Waals surface area contributed by atoms with Crippen molar-refractivity contribution < 1.29 is 9.84 Å². The van der Waals surface area contributed by atoms with Gasteiger partial charge in [-0.15, -0.1) is 0 Å². The summed E-state index contributed by atoms with van der Waals surface area (Å²) >= 11 is 0. The molecule has 1 aromatic rings. The lowest BCUT2D eigenvalue weighted by Gasteiger charge is -2.37. The summed E-state index contributed by atoms with van der Waals surface area (Å²) in [6.45, 7) is 2.18. The highest BCUT2D eigenvalue weighted by Gasteiger charge is 2.30. The summed E-state index contributed by atoms with van der Waals surface area (Å²) in [5.74, 6) is 0.326. The number of ether oxygens (including phenoxy) is 1. The third-order valence-corrected chi connectivity index (χ3v) is 3.57. The summed E-state index contributed by atoms with van der Waals surface area (Å²) in [4.78, 5) is 0. The van der Waals surface area contributed by atoms with Crippen LogP contribution in [-0.4, -0.2) is 24.4 Å². The standard InChI is InChI=1S/C14H21NO2/c1-3-14(10-4-6-12(16)7-5-10)15-11-8-13(9-11)17-2/h4-7,11,13-16H,3,8-9H2,1-2H3. The van der Waals surface area contributed by atoms with Crippen molar-refractivity contribution in [3.05, 3.63) is 29.8 Å². The molecular formula is C14H21NO2. The van der Waals surface area contributed by atoms with E-state index in [0.29, 0.717) is 23.9 Å². The number of benzene rings is 1. The minimum atomic E-state index is 0.326. The van der Waals surface area contributed by atoms with E-state index in [9.17, 15) is 5.11 Å². The topological polar surface area (TPSA) is 41.5 Å². The fourth-order valence-electron chi connectivity index (χ4n) is 2.34. The number of rotatable bonds is 5. The minimum absolute atomic E-state index is 0.326. The van der Waals surface area contributed by atoms with Crippen molar-refractivity contribution in [1.29, 1.82) is 0 Å². The van der Waals surface area contributed by atoms with Crippen molar-refractivity contribution >= 4 is 0 Å². The fraction of sp³-hybridized carbons (Fsp3) is 0.571. The molecule has 3 nitrogen and oxygen atoms in total. The molecule has 0 bridgehead atoms. The van der Waals surface area contributed by atoms with Crippen molar-refractivity contribution in [1.82, 2.24) is 5.32 Å². The summed E-state index contributed by atoms with van der Waals surface area (Å²) in [5, 5.41) is 12.9. The van der Waals surface area contributed by atoms with Gasteiger partial charge >= 0.3 is 0 Å². The first-order valence-electron chi connectivity index (χ1n) is 6.30. The maximum absolute atomic E-state index is 9.28. The van der Waals surface area contributed by atoms with Crippen molar-refractivity contribution in [3.8, 4) is 5.75 Å². The molecule has 1 unspecified atom stereocenters. The van der Waals surface area contributed by atoms with Gasteiger partial charge in [-0.05, 0) is 37.0 Å². The van der Waals surface area contributed by atoms with E-state index in [1.807, 2.05) is 12.1 Å². The quantitative estimate of drug-likeness (QED) is 0.824. The molecule has 0 aromatic heterocycles. The molecule has 1 aliphatic carbocycles. The highest BCUT2D eigenvalue weighted by molar-refractivity contribution is 5.28. The van der Waals surface area contributed by atoms with Gasteiger partial charge in [-0.3, -0.25) is 0 Å². The van der Waals surface area contributed by atoms with Gasteiger partial charge in [-0.2, -0.15) is 0 Å². The van der Waals surface area contributed by atoms with E-state index >= 15 is 0 Å². The van der Waals surface area contributed by atoms with Gasteiger partial charge in [0.2, 0.25) is 0 Å². The molecule has 0 amide bonds. The van der Waals surface area contributed by atoms with E-state index in [-0.39, 0.29) is 0 Å². The van der Waals surface area contributed by atoms with Crippen molar-refractivity contribution in [2.45, 2.75) is 44.4 Å². The second-order valence-corrected chi connectivity index (χ2v) is 4.75. The molecule has 0 aliphatic heterocycles. The number of hydrogen-bond donors (Lipinski definition) is 2. The van der Waals surface area contributed by atoms with Gasteiger partial charge in [-0.1, -0.05) is 19.1 Å². The van der Waals surface area contributed by atoms with Gasteiger partial charge in [0.05, 0.1) is 6.10 Å². The lowest BCUT2D eigenvalue weighted by atomic mass is 9.87. The molecule has 94 valence electrons. The Kier molecular flexibility index (Phi) is 4.02. The molecule has 0 saturated heterocycles. The van der Waals surface area contributed by atoms with Crippen LogP contribution < -0.4 is 5.32 Å². The van der Waals surface area contributed by atoms with Gasteiger partial charge in [0.25, 0.3) is 0 Å².